The number of piperidine rings is 1. The molecule has 2 heterocycles. The summed E-state index contributed by atoms with van der Waals surface area (Å²) in [6, 6.07) is 3.60. The van der Waals surface area contributed by atoms with Gasteiger partial charge in [-0.05, 0) is 38.8 Å². The average Bonchev–Trinajstić information content (AvgIpc) is 2.78. The van der Waals surface area contributed by atoms with Gasteiger partial charge in [0.1, 0.15) is 4.21 Å². The van der Waals surface area contributed by atoms with Crippen molar-refractivity contribution in [2.75, 3.05) is 6.61 Å². The molecule has 19 heavy (non-hydrogen) atoms. The van der Waals surface area contributed by atoms with Crippen LogP contribution in [-0.4, -0.2) is 36.5 Å². The fraction of sp³-hybridized carbons (Fsp3) is 0.692. The SMILES string of the molecule is C[C@@H]1CCC[C@H](C)N1S(=O)(=O)c1ccc(CCO)s1. The average molecular weight is 303 g/mol. The van der Waals surface area contributed by atoms with E-state index in [1.54, 1.807) is 16.4 Å². The molecule has 0 amide bonds. The maximum Gasteiger partial charge on any atom is 0.253 e. The van der Waals surface area contributed by atoms with Crippen molar-refractivity contribution >= 4 is 21.4 Å². The Labute approximate surface area is 119 Å². The first-order chi connectivity index (χ1) is 8.96. The molecule has 2 rings (SSSR count). The molecular weight excluding hydrogens is 282 g/mol. The van der Waals surface area contributed by atoms with Gasteiger partial charge in [-0.1, -0.05) is 6.42 Å². The normalized spacial score (nSPS) is 25.6. The second kappa shape index (κ2) is 5.91. The van der Waals surface area contributed by atoms with Crippen molar-refractivity contribution in [3.63, 3.8) is 0 Å². The molecule has 1 aliphatic heterocycles. The summed E-state index contributed by atoms with van der Waals surface area (Å²) in [6.45, 7) is 4.02. The molecule has 2 atom stereocenters. The van der Waals surface area contributed by atoms with Gasteiger partial charge in [0.25, 0.3) is 10.0 Å². The molecule has 1 aromatic rings. The van der Waals surface area contributed by atoms with Gasteiger partial charge in [0.2, 0.25) is 0 Å². The second-order valence-electron chi connectivity index (χ2n) is 5.16. The molecule has 0 bridgehead atoms. The Balaban J connectivity index is 2.29. The smallest absolute Gasteiger partial charge is 0.253 e. The van der Waals surface area contributed by atoms with E-state index in [1.807, 2.05) is 13.8 Å². The molecular formula is C13H21NO3S2. The topological polar surface area (TPSA) is 57.6 Å². The van der Waals surface area contributed by atoms with Gasteiger partial charge in [-0.3, -0.25) is 0 Å². The van der Waals surface area contributed by atoms with Gasteiger partial charge in [0, 0.05) is 30.0 Å². The summed E-state index contributed by atoms with van der Waals surface area (Å²) >= 11 is 1.27. The quantitative estimate of drug-likeness (QED) is 0.928. The lowest BCUT2D eigenvalue weighted by molar-refractivity contribution is 0.204. The highest BCUT2D eigenvalue weighted by atomic mass is 32.2. The molecule has 0 aliphatic carbocycles. The van der Waals surface area contributed by atoms with E-state index in [0.29, 0.717) is 10.6 Å². The molecule has 0 saturated carbocycles. The van der Waals surface area contributed by atoms with Crippen molar-refractivity contribution in [3.8, 4) is 0 Å². The van der Waals surface area contributed by atoms with E-state index in [0.717, 1.165) is 24.1 Å². The minimum absolute atomic E-state index is 0.0521. The predicted octanol–water partition coefficient (Wildman–Crippen LogP) is 2.23. The maximum atomic E-state index is 12.7. The summed E-state index contributed by atoms with van der Waals surface area (Å²) in [5.74, 6) is 0. The van der Waals surface area contributed by atoms with E-state index in [-0.39, 0.29) is 18.7 Å². The van der Waals surface area contributed by atoms with Crippen LogP contribution in [0.5, 0.6) is 0 Å². The van der Waals surface area contributed by atoms with Crippen molar-refractivity contribution in [2.24, 2.45) is 0 Å². The monoisotopic (exact) mass is 303 g/mol. The molecule has 0 radical (unpaired) electrons. The van der Waals surface area contributed by atoms with Crippen LogP contribution in [0.4, 0.5) is 0 Å². The fourth-order valence-electron chi connectivity index (χ4n) is 2.72. The summed E-state index contributed by atoms with van der Waals surface area (Å²) < 4.78 is 27.5. The van der Waals surface area contributed by atoms with Gasteiger partial charge in [0.05, 0.1) is 0 Å². The lowest BCUT2D eigenvalue weighted by Gasteiger charge is -2.37. The number of hydrogen-bond donors (Lipinski definition) is 1. The lowest BCUT2D eigenvalue weighted by Crippen LogP contribution is -2.47. The molecule has 0 unspecified atom stereocenters. The molecule has 1 saturated heterocycles. The predicted molar refractivity (Wildman–Crippen MR) is 76.9 cm³/mol. The van der Waals surface area contributed by atoms with Crippen LogP contribution < -0.4 is 0 Å². The Kier molecular flexibility index (Phi) is 4.66. The molecule has 0 spiro atoms. The number of hydrogen-bond acceptors (Lipinski definition) is 4. The van der Waals surface area contributed by atoms with Crippen molar-refractivity contribution in [1.82, 2.24) is 4.31 Å². The Bertz CT molecular complexity index is 514. The van der Waals surface area contributed by atoms with Gasteiger partial charge in [0.15, 0.2) is 0 Å². The molecule has 0 aromatic carbocycles. The molecule has 1 N–H and O–H groups in total. The Morgan fingerprint density at radius 3 is 2.53 bits per heavy atom. The van der Waals surface area contributed by atoms with Crippen LogP contribution in [0.2, 0.25) is 0 Å². The van der Waals surface area contributed by atoms with Crippen LogP contribution >= 0.6 is 11.3 Å². The van der Waals surface area contributed by atoms with Crippen LogP contribution in [0.15, 0.2) is 16.3 Å². The highest BCUT2D eigenvalue weighted by Crippen LogP contribution is 2.32. The van der Waals surface area contributed by atoms with E-state index in [9.17, 15) is 8.42 Å². The van der Waals surface area contributed by atoms with Crippen molar-refractivity contribution < 1.29 is 13.5 Å². The lowest BCUT2D eigenvalue weighted by atomic mass is 10.0. The number of nitrogens with zero attached hydrogens (tertiary/aromatic N) is 1. The van der Waals surface area contributed by atoms with Crippen LogP contribution in [0.25, 0.3) is 0 Å². The van der Waals surface area contributed by atoms with E-state index in [1.165, 1.54) is 11.3 Å². The first-order valence-electron chi connectivity index (χ1n) is 6.70. The number of aliphatic hydroxyl groups is 1. The van der Waals surface area contributed by atoms with Crippen LogP contribution in [0.1, 0.15) is 38.0 Å². The van der Waals surface area contributed by atoms with Gasteiger partial charge >= 0.3 is 0 Å². The van der Waals surface area contributed by atoms with Crippen LogP contribution in [-0.2, 0) is 16.4 Å². The number of sulfonamides is 1. The zero-order chi connectivity index (χ0) is 14.0. The molecule has 1 aromatic heterocycles. The minimum atomic E-state index is -3.39. The summed E-state index contributed by atoms with van der Waals surface area (Å²) in [4.78, 5) is 0.915. The molecule has 4 nitrogen and oxygen atoms in total. The highest BCUT2D eigenvalue weighted by molar-refractivity contribution is 7.91. The summed E-state index contributed by atoms with van der Waals surface area (Å²) in [7, 11) is -3.39. The minimum Gasteiger partial charge on any atom is -0.396 e. The number of thiophene rings is 1. The summed E-state index contributed by atoms with van der Waals surface area (Å²) in [6.07, 6.45) is 3.47. The summed E-state index contributed by atoms with van der Waals surface area (Å²) in [5.41, 5.74) is 0. The molecule has 1 fully saturated rings. The van der Waals surface area contributed by atoms with E-state index in [2.05, 4.69) is 0 Å². The zero-order valence-corrected chi connectivity index (χ0v) is 13.0. The van der Waals surface area contributed by atoms with Crippen molar-refractivity contribution in [1.29, 1.82) is 0 Å². The number of aliphatic hydroxyl groups excluding tert-OH is 1. The number of rotatable bonds is 4. The third-order valence-corrected chi connectivity index (χ3v) is 7.38. The van der Waals surface area contributed by atoms with Crippen LogP contribution in [0.3, 0.4) is 0 Å². The van der Waals surface area contributed by atoms with E-state index >= 15 is 0 Å². The van der Waals surface area contributed by atoms with E-state index < -0.39 is 10.0 Å². The third-order valence-electron chi connectivity index (χ3n) is 3.64. The Hall–Kier alpha value is -0.430. The summed E-state index contributed by atoms with van der Waals surface area (Å²) in [5, 5.41) is 8.91. The first-order valence-corrected chi connectivity index (χ1v) is 8.95. The largest absolute Gasteiger partial charge is 0.396 e. The molecule has 6 heteroatoms. The van der Waals surface area contributed by atoms with Gasteiger partial charge in [-0.25, -0.2) is 8.42 Å². The first kappa shape index (κ1) is 15.0. The van der Waals surface area contributed by atoms with E-state index in [4.69, 9.17) is 5.11 Å². The van der Waals surface area contributed by atoms with Gasteiger partial charge in [-0.2, -0.15) is 4.31 Å². The van der Waals surface area contributed by atoms with Gasteiger partial charge < -0.3 is 5.11 Å². The van der Waals surface area contributed by atoms with Crippen LogP contribution in [0, 0.1) is 0 Å². The second-order valence-corrected chi connectivity index (χ2v) is 8.40. The standard InChI is InChI=1S/C13H21NO3S2/c1-10-4-3-5-11(2)14(10)19(16,17)13-7-6-12(18-13)8-9-15/h6-7,10-11,15H,3-5,8-9H2,1-2H3/t10-,11+. The molecule has 108 valence electrons. The zero-order valence-electron chi connectivity index (χ0n) is 11.4. The fourth-order valence-corrected chi connectivity index (χ4v) is 6.05. The Morgan fingerprint density at radius 2 is 1.95 bits per heavy atom. The van der Waals surface area contributed by atoms with Crippen molar-refractivity contribution in [3.05, 3.63) is 17.0 Å². The molecule has 1 aliphatic rings. The Morgan fingerprint density at radius 1 is 1.32 bits per heavy atom. The third kappa shape index (κ3) is 3.02. The van der Waals surface area contributed by atoms with Crippen molar-refractivity contribution in [2.45, 2.75) is 55.8 Å². The maximum absolute atomic E-state index is 12.7. The van der Waals surface area contributed by atoms with Gasteiger partial charge in [-0.15, -0.1) is 11.3 Å². The highest BCUT2D eigenvalue weighted by Gasteiger charge is 2.36.